The molecule has 8 nitrogen and oxygen atoms in total. The quantitative estimate of drug-likeness (QED) is 0.400. The van der Waals surface area contributed by atoms with E-state index in [0.29, 0.717) is 17.1 Å². The second kappa shape index (κ2) is 11.1. The third-order valence-corrected chi connectivity index (χ3v) is 7.93. The molecule has 0 aromatic heterocycles. The predicted octanol–water partition coefficient (Wildman–Crippen LogP) is 4.43. The highest BCUT2D eigenvalue weighted by Gasteiger charge is 2.18. The van der Waals surface area contributed by atoms with E-state index in [2.05, 4.69) is 10.0 Å². The van der Waals surface area contributed by atoms with Crippen molar-refractivity contribution in [3.8, 4) is 0 Å². The molecular formula is C25H28FN3O5S2. The van der Waals surface area contributed by atoms with Crippen molar-refractivity contribution in [3.05, 3.63) is 83.7 Å². The zero-order chi connectivity index (χ0) is 26.5. The second-order valence-electron chi connectivity index (χ2n) is 8.41. The monoisotopic (exact) mass is 533 g/mol. The Balaban J connectivity index is 1.58. The minimum Gasteiger partial charge on any atom is -0.326 e. The van der Waals surface area contributed by atoms with Crippen molar-refractivity contribution in [2.45, 2.75) is 31.6 Å². The number of sulfonamides is 2. The summed E-state index contributed by atoms with van der Waals surface area (Å²) in [6.45, 7) is 3.78. The highest BCUT2D eigenvalue weighted by molar-refractivity contribution is 7.92. The fraction of sp³-hybridized carbons (Fsp3) is 0.240. The van der Waals surface area contributed by atoms with Crippen LogP contribution in [0, 0.1) is 19.7 Å². The van der Waals surface area contributed by atoms with Crippen LogP contribution < -0.4 is 14.3 Å². The van der Waals surface area contributed by atoms with E-state index in [1.54, 1.807) is 6.07 Å². The molecule has 11 heteroatoms. The van der Waals surface area contributed by atoms with E-state index < -0.39 is 25.9 Å². The maximum Gasteiger partial charge on any atom is 0.261 e. The van der Waals surface area contributed by atoms with E-state index in [-0.39, 0.29) is 30.2 Å². The lowest BCUT2D eigenvalue weighted by Crippen LogP contribution is -2.31. The largest absolute Gasteiger partial charge is 0.326 e. The Hall–Kier alpha value is -3.44. The third kappa shape index (κ3) is 7.28. The molecule has 0 fully saturated rings. The van der Waals surface area contributed by atoms with Gasteiger partial charge in [0.05, 0.1) is 22.5 Å². The number of carbonyl (C=O) groups excluding carboxylic acids is 1. The van der Waals surface area contributed by atoms with Gasteiger partial charge in [0.25, 0.3) is 10.0 Å². The van der Waals surface area contributed by atoms with Crippen LogP contribution in [0.4, 0.5) is 21.5 Å². The van der Waals surface area contributed by atoms with Crippen molar-refractivity contribution in [3.63, 3.8) is 0 Å². The van der Waals surface area contributed by atoms with Gasteiger partial charge in [-0.25, -0.2) is 21.2 Å². The van der Waals surface area contributed by atoms with E-state index in [9.17, 15) is 26.0 Å². The van der Waals surface area contributed by atoms with Crippen molar-refractivity contribution in [1.82, 2.24) is 0 Å². The number of anilines is 3. The van der Waals surface area contributed by atoms with E-state index in [4.69, 9.17) is 0 Å². The summed E-state index contributed by atoms with van der Waals surface area (Å²) in [7, 11) is -7.43. The molecule has 1 amide bonds. The van der Waals surface area contributed by atoms with Crippen LogP contribution in [0.3, 0.4) is 0 Å². The Morgan fingerprint density at radius 1 is 0.917 bits per heavy atom. The number of amides is 1. The number of hydrogen-bond donors (Lipinski definition) is 2. The highest BCUT2D eigenvalue weighted by atomic mass is 32.2. The molecule has 36 heavy (non-hydrogen) atoms. The van der Waals surface area contributed by atoms with Crippen molar-refractivity contribution in [1.29, 1.82) is 0 Å². The lowest BCUT2D eigenvalue weighted by Gasteiger charge is -2.22. The van der Waals surface area contributed by atoms with Crippen LogP contribution in [0.1, 0.15) is 24.0 Å². The molecule has 192 valence electrons. The second-order valence-corrected chi connectivity index (χ2v) is 12.0. The molecule has 0 bridgehead atoms. The van der Waals surface area contributed by atoms with Crippen LogP contribution in [-0.4, -0.2) is 35.5 Å². The first-order valence-corrected chi connectivity index (χ1v) is 14.4. The van der Waals surface area contributed by atoms with E-state index in [0.717, 1.165) is 21.7 Å². The molecule has 0 aliphatic carbocycles. The molecule has 0 unspecified atom stereocenters. The van der Waals surface area contributed by atoms with Gasteiger partial charge in [0.2, 0.25) is 15.9 Å². The SMILES string of the molecule is Cc1ccc(NS(=O)(=O)c2ccc(NC(=O)CCCN(c3ccc(F)cc3)S(C)(=O)=O)cc2)c(C)c1. The van der Waals surface area contributed by atoms with Crippen LogP contribution in [0.2, 0.25) is 0 Å². The van der Waals surface area contributed by atoms with Crippen LogP contribution in [-0.2, 0) is 24.8 Å². The summed E-state index contributed by atoms with van der Waals surface area (Å²) in [4.78, 5) is 12.4. The average Bonchev–Trinajstić information content (AvgIpc) is 2.79. The normalized spacial score (nSPS) is 11.7. The molecule has 3 aromatic rings. The summed E-state index contributed by atoms with van der Waals surface area (Å²) in [5.41, 5.74) is 3.03. The third-order valence-electron chi connectivity index (χ3n) is 5.35. The molecule has 0 heterocycles. The van der Waals surface area contributed by atoms with Crippen LogP contribution in [0.5, 0.6) is 0 Å². The average molecular weight is 534 g/mol. The smallest absolute Gasteiger partial charge is 0.261 e. The van der Waals surface area contributed by atoms with E-state index in [1.165, 1.54) is 48.5 Å². The zero-order valence-electron chi connectivity index (χ0n) is 20.2. The van der Waals surface area contributed by atoms with Crippen LogP contribution in [0.15, 0.2) is 71.6 Å². The minimum absolute atomic E-state index is 0.0293. The van der Waals surface area contributed by atoms with Crippen molar-refractivity contribution < 1.29 is 26.0 Å². The number of rotatable bonds is 10. The maximum atomic E-state index is 13.2. The van der Waals surface area contributed by atoms with E-state index in [1.807, 2.05) is 26.0 Å². The first-order valence-electron chi connectivity index (χ1n) is 11.1. The fourth-order valence-corrected chi connectivity index (χ4v) is 5.65. The summed E-state index contributed by atoms with van der Waals surface area (Å²) in [5, 5.41) is 2.67. The van der Waals surface area contributed by atoms with Crippen molar-refractivity contribution in [2.75, 3.05) is 27.1 Å². The van der Waals surface area contributed by atoms with Gasteiger partial charge < -0.3 is 5.32 Å². The summed E-state index contributed by atoms with van der Waals surface area (Å²) in [5.74, 6) is -0.835. The lowest BCUT2D eigenvalue weighted by molar-refractivity contribution is -0.116. The fourth-order valence-electron chi connectivity index (χ4n) is 3.55. The Kier molecular flexibility index (Phi) is 8.36. The number of nitrogens with zero attached hydrogens (tertiary/aromatic N) is 1. The Labute approximate surface area is 211 Å². The van der Waals surface area contributed by atoms with Crippen LogP contribution >= 0.6 is 0 Å². The van der Waals surface area contributed by atoms with Crippen molar-refractivity contribution >= 4 is 43.0 Å². The standard InChI is InChI=1S/C25H28FN3O5S2/c1-18-6-15-24(19(2)17-18)28-36(33,34)23-13-9-21(10-14-23)27-25(30)5-4-16-29(35(3,31)32)22-11-7-20(26)8-12-22/h6-15,17,28H,4-5,16H2,1-3H3,(H,27,30). The zero-order valence-corrected chi connectivity index (χ0v) is 21.8. The molecule has 0 radical (unpaired) electrons. The molecule has 0 aliphatic rings. The minimum atomic E-state index is -3.81. The lowest BCUT2D eigenvalue weighted by atomic mass is 10.1. The van der Waals surface area contributed by atoms with Gasteiger partial charge in [0.15, 0.2) is 0 Å². The van der Waals surface area contributed by atoms with Gasteiger partial charge in [-0.1, -0.05) is 17.7 Å². The number of nitrogens with one attached hydrogen (secondary N) is 2. The topological polar surface area (TPSA) is 113 Å². The number of hydrogen-bond acceptors (Lipinski definition) is 5. The molecule has 3 rings (SSSR count). The van der Waals surface area contributed by atoms with Gasteiger partial charge in [-0.15, -0.1) is 0 Å². The molecule has 0 saturated heterocycles. The summed E-state index contributed by atoms with van der Waals surface area (Å²) < 4.78 is 66.5. The molecule has 0 aliphatic heterocycles. The molecular weight excluding hydrogens is 505 g/mol. The summed E-state index contributed by atoms with van der Waals surface area (Å²) in [6, 6.07) is 16.2. The van der Waals surface area contributed by atoms with Gasteiger partial charge in [-0.3, -0.25) is 13.8 Å². The van der Waals surface area contributed by atoms with Gasteiger partial charge in [-0.05, 0) is 80.4 Å². The van der Waals surface area contributed by atoms with E-state index >= 15 is 0 Å². The molecule has 0 saturated carbocycles. The predicted molar refractivity (Wildman–Crippen MR) is 140 cm³/mol. The van der Waals surface area contributed by atoms with Gasteiger partial charge >= 0.3 is 0 Å². The van der Waals surface area contributed by atoms with Gasteiger partial charge in [0, 0.05) is 18.7 Å². The number of aryl methyl sites for hydroxylation is 2. The summed E-state index contributed by atoms with van der Waals surface area (Å²) >= 11 is 0. The summed E-state index contributed by atoms with van der Waals surface area (Å²) in [6.07, 6.45) is 1.30. The van der Waals surface area contributed by atoms with Gasteiger partial charge in [-0.2, -0.15) is 0 Å². The molecule has 3 aromatic carbocycles. The number of benzene rings is 3. The number of carbonyl (C=O) groups is 1. The maximum absolute atomic E-state index is 13.2. The Bertz CT molecular complexity index is 1440. The van der Waals surface area contributed by atoms with Crippen molar-refractivity contribution in [2.24, 2.45) is 0 Å². The Morgan fingerprint density at radius 3 is 2.14 bits per heavy atom. The molecule has 0 spiro atoms. The van der Waals surface area contributed by atoms with Gasteiger partial charge in [0.1, 0.15) is 5.82 Å². The molecule has 0 atom stereocenters. The van der Waals surface area contributed by atoms with Crippen LogP contribution in [0.25, 0.3) is 0 Å². The Morgan fingerprint density at radius 2 is 1.56 bits per heavy atom. The molecule has 2 N–H and O–H groups in total. The first-order chi connectivity index (χ1) is 16.8. The first kappa shape index (κ1) is 27.2. The highest BCUT2D eigenvalue weighted by Crippen LogP contribution is 2.22. The number of halogens is 1.